The fraction of sp³-hybridized carbons (Fsp3) is 0.467. The monoisotopic (exact) mass is 343 g/mol. The molecule has 1 atom stereocenters. The van der Waals surface area contributed by atoms with E-state index in [1.165, 1.54) is 0 Å². The van der Waals surface area contributed by atoms with Crippen LogP contribution >= 0.6 is 23.2 Å². The standard InChI is InChI=1S/C15H19Cl2N3O2/c1-2-18-14(21)10-4-3-7-20(9-10)15(22)19-11-5-6-12(16)13(17)8-11/h5-6,8,10H,2-4,7,9H2,1H3,(H,18,21)(H,19,22). The van der Waals surface area contributed by atoms with E-state index in [2.05, 4.69) is 10.6 Å². The van der Waals surface area contributed by atoms with Crippen molar-refractivity contribution in [3.63, 3.8) is 0 Å². The molecule has 0 radical (unpaired) electrons. The number of carbonyl (C=O) groups excluding carboxylic acids is 2. The van der Waals surface area contributed by atoms with Crippen molar-refractivity contribution in [2.75, 3.05) is 25.0 Å². The Balaban J connectivity index is 1.96. The number of anilines is 1. The van der Waals surface area contributed by atoms with Crippen molar-refractivity contribution in [3.05, 3.63) is 28.2 Å². The lowest BCUT2D eigenvalue weighted by Crippen LogP contribution is -2.46. The highest BCUT2D eigenvalue weighted by molar-refractivity contribution is 6.42. The summed E-state index contributed by atoms with van der Waals surface area (Å²) in [4.78, 5) is 25.9. The zero-order valence-electron chi connectivity index (χ0n) is 12.4. The third-order valence-corrected chi connectivity index (χ3v) is 4.34. The number of likely N-dealkylation sites (tertiary alicyclic amines) is 1. The van der Waals surface area contributed by atoms with E-state index < -0.39 is 0 Å². The topological polar surface area (TPSA) is 61.4 Å². The molecule has 0 spiro atoms. The Labute approximate surface area is 139 Å². The van der Waals surface area contributed by atoms with Gasteiger partial charge in [-0.25, -0.2) is 4.79 Å². The first-order chi connectivity index (χ1) is 10.5. The summed E-state index contributed by atoms with van der Waals surface area (Å²) in [5, 5.41) is 6.42. The Morgan fingerprint density at radius 1 is 1.32 bits per heavy atom. The first kappa shape index (κ1) is 16.9. The molecule has 0 aliphatic carbocycles. The van der Waals surface area contributed by atoms with Crippen molar-refractivity contribution < 1.29 is 9.59 Å². The summed E-state index contributed by atoms with van der Waals surface area (Å²) in [6.45, 7) is 3.56. The average Bonchev–Trinajstić information content (AvgIpc) is 2.51. The van der Waals surface area contributed by atoms with E-state index in [1.807, 2.05) is 6.92 Å². The van der Waals surface area contributed by atoms with Crippen LogP contribution < -0.4 is 10.6 Å². The summed E-state index contributed by atoms with van der Waals surface area (Å²) in [5.41, 5.74) is 0.583. The predicted molar refractivity (Wildman–Crippen MR) is 88.5 cm³/mol. The molecule has 2 rings (SSSR count). The normalized spacial score (nSPS) is 18.0. The molecular weight excluding hydrogens is 325 g/mol. The lowest BCUT2D eigenvalue weighted by molar-refractivity contribution is -0.126. The number of benzene rings is 1. The maximum absolute atomic E-state index is 12.3. The molecule has 1 heterocycles. The number of hydrogen-bond donors (Lipinski definition) is 2. The zero-order valence-corrected chi connectivity index (χ0v) is 13.9. The van der Waals surface area contributed by atoms with Crippen LogP contribution in [0.1, 0.15) is 19.8 Å². The first-order valence-electron chi connectivity index (χ1n) is 7.30. The van der Waals surface area contributed by atoms with Gasteiger partial charge >= 0.3 is 6.03 Å². The molecule has 3 amide bonds. The van der Waals surface area contributed by atoms with E-state index in [0.717, 1.165) is 12.8 Å². The van der Waals surface area contributed by atoms with Crippen LogP contribution in [0.5, 0.6) is 0 Å². The smallest absolute Gasteiger partial charge is 0.321 e. The molecule has 0 saturated carbocycles. The molecule has 1 saturated heterocycles. The maximum atomic E-state index is 12.3. The van der Waals surface area contributed by atoms with Gasteiger partial charge in [0.1, 0.15) is 0 Å². The summed E-state index contributed by atoms with van der Waals surface area (Å²) in [7, 11) is 0. The molecule has 1 aromatic carbocycles. The van der Waals surface area contributed by atoms with Crippen LogP contribution in [0.2, 0.25) is 10.0 Å². The minimum Gasteiger partial charge on any atom is -0.356 e. The predicted octanol–water partition coefficient (Wildman–Crippen LogP) is 3.37. The molecule has 1 fully saturated rings. The number of nitrogens with one attached hydrogen (secondary N) is 2. The molecule has 0 aromatic heterocycles. The van der Waals surface area contributed by atoms with Crippen molar-refractivity contribution in [2.24, 2.45) is 5.92 Å². The van der Waals surface area contributed by atoms with Gasteiger partial charge in [0.2, 0.25) is 5.91 Å². The largest absolute Gasteiger partial charge is 0.356 e. The van der Waals surface area contributed by atoms with E-state index in [4.69, 9.17) is 23.2 Å². The van der Waals surface area contributed by atoms with Gasteiger partial charge in [-0.2, -0.15) is 0 Å². The van der Waals surface area contributed by atoms with Gasteiger partial charge in [0.15, 0.2) is 0 Å². The molecule has 1 aliphatic rings. The Kier molecular flexibility index (Phi) is 5.91. The Hall–Kier alpha value is -1.46. The molecule has 1 unspecified atom stereocenters. The number of urea groups is 1. The molecule has 1 aromatic rings. The summed E-state index contributed by atoms with van der Waals surface area (Å²) in [5.74, 6) is -0.136. The number of piperidine rings is 1. The van der Waals surface area contributed by atoms with Crippen molar-refractivity contribution >= 4 is 40.8 Å². The summed E-state index contributed by atoms with van der Waals surface area (Å²) in [6.07, 6.45) is 1.62. The maximum Gasteiger partial charge on any atom is 0.321 e. The average molecular weight is 344 g/mol. The minimum absolute atomic E-state index is 0.00883. The molecule has 2 N–H and O–H groups in total. The Morgan fingerprint density at radius 2 is 2.09 bits per heavy atom. The molecule has 7 heteroatoms. The van der Waals surface area contributed by atoms with E-state index >= 15 is 0 Å². The fourth-order valence-corrected chi connectivity index (χ4v) is 2.77. The number of hydrogen-bond acceptors (Lipinski definition) is 2. The van der Waals surface area contributed by atoms with Gasteiger partial charge in [0, 0.05) is 25.3 Å². The van der Waals surface area contributed by atoms with Crippen LogP contribution in [-0.4, -0.2) is 36.5 Å². The lowest BCUT2D eigenvalue weighted by atomic mass is 9.97. The van der Waals surface area contributed by atoms with E-state index in [1.54, 1.807) is 23.1 Å². The van der Waals surface area contributed by atoms with Gasteiger partial charge in [-0.1, -0.05) is 23.2 Å². The zero-order chi connectivity index (χ0) is 16.1. The highest BCUT2D eigenvalue weighted by Gasteiger charge is 2.28. The number of nitrogens with zero attached hydrogens (tertiary/aromatic N) is 1. The summed E-state index contributed by atoms with van der Waals surface area (Å²) in [6, 6.07) is 4.70. The number of rotatable bonds is 3. The molecule has 0 bridgehead atoms. The number of halogens is 2. The van der Waals surface area contributed by atoms with Crippen LogP contribution in [0, 0.1) is 5.92 Å². The van der Waals surface area contributed by atoms with Crippen LogP contribution in [0.4, 0.5) is 10.5 Å². The van der Waals surface area contributed by atoms with Crippen molar-refractivity contribution in [3.8, 4) is 0 Å². The van der Waals surface area contributed by atoms with Crippen LogP contribution in [0.25, 0.3) is 0 Å². The first-order valence-corrected chi connectivity index (χ1v) is 8.05. The van der Waals surface area contributed by atoms with E-state index in [9.17, 15) is 9.59 Å². The molecule has 5 nitrogen and oxygen atoms in total. The number of amides is 3. The van der Waals surface area contributed by atoms with Gasteiger partial charge in [-0.3, -0.25) is 4.79 Å². The second-order valence-electron chi connectivity index (χ2n) is 5.24. The Morgan fingerprint density at radius 3 is 2.77 bits per heavy atom. The van der Waals surface area contributed by atoms with Gasteiger partial charge in [0.05, 0.1) is 16.0 Å². The molecule has 1 aliphatic heterocycles. The minimum atomic E-state index is -0.229. The van der Waals surface area contributed by atoms with Crippen molar-refractivity contribution in [1.82, 2.24) is 10.2 Å². The second kappa shape index (κ2) is 7.70. The fourth-order valence-electron chi connectivity index (χ4n) is 2.47. The highest BCUT2D eigenvalue weighted by Crippen LogP contribution is 2.25. The third kappa shape index (κ3) is 4.27. The van der Waals surface area contributed by atoms with Gasteiger partial charge in [-0.15, -0.1) is 0 Å². The van der Waals surface area contributed by atoms with Crippen LogP contribution in [0.3, 0.4) is 0 Å². The van der Waals surface area contributed by atoms with E-state index in [0.29, 0.717) is 35.4 Å². The van der Waals surface area contributed by atoms with Gasteiger partial charge < -0.3 is 15.5 Å². The molecule has 120 valence electrons. The van der Waals surface area contributed by atoms with Crippen LogP contribution in [0.15, 0.2) is 18.2 Å². The Bertz CT molecular complexity index is 566. The quantitative estimate of drug-likeness (QED) is 0.883. The summed E-state index contributed by atoms with van der Waals surface area (Å²) < 4.78 is 0. The molecule has 22 heavy (non-hydrogen) atoms. The number of carbonyl (C=O) groups is 2. The highest BCUT2D eigenvalue weighted by atomic mass is 35.5. The SMILES string of the molecule is CCNC(=O)C1CCCN(C(=O)Nc2ccc(Cl)c(Cl)c2)C1. The molecular formula is C15H19Cl2N3O2. The second-order valence-corrected chi connectivity index (χ2v) is 6.05. The van der Waals surface area contributed by atoms with Crippen molar-refractivity contribution in [2.45, 2.75) is 19.8 Å². The summed E-state index contributed by atoms with van der Waals surface area (Å²) >= 11 is 11.8. The van der Waals surface area contributed by atoms with Crippen molar-refractivity contribution in [1.29, 1.82) is 0 Å². The van der Waals surface area contributed by atoms with Gasteiger partial charge in [-0.05, 0) is 38.0 Å². The lowest BCUT2D eigenvalue weighted by Gasteiger charge is -2.32. The van der Waals surface area contributed by atoms with Gasteiger partial charge in [0.25, 0.3) is 0 Å². The third-order valence-electron chi connectivity index (χ3n) is 3.60. The van der Waals surface area contributed by atoms with E-state index in [-0.39, 0.29) is 17.9 Å². The van der Waals surface area contributed by atoms with Crippen LogP contribution in [-0.2, 0) is 4.79 Å².